The van der Waals surface area contributed by atoms with Crippen molar-refractivity contribution in [3.63, 3.8) is 0 Å². The van der Waals surface area contributed by atoms with Crippen LogP contribution in [0.3, 0.4) is 0 Å². The van der Waals surface area contributed by atoms with Gasteiger partial charge in [-0.15, -0.1) is 0 Å². The van der Waals surface area contributed by atoms with Gasteiger partial charge in [0.2, 0.25) is 5.91 Å². The number of hydrogen-bond donors (Lipinski definition) is 3. The third-order valence-electron chi connectivity index (χ3n) is 4.34. The summed E-state index contributed by atoms with van der Waals surface area (Å²) in [7, 11) is 0. The summed E-state index contributed by atoms with van der Waals surface area (Å²) >= 11 is 0. The lowest BCUT2D eigenvalue weighted by Gasteiger charge is -2.19. The molecular formula is C18H23N3O. The maximum atomic E-state index is 12.2. The zero-order valence-corrected chi connectivity index (χ0v) is 13.0. The molecule has 1 aromatic heterocycles. The molecule has 1 unspecified atom stereocenters. The van der Waals surface area contributed by atoms with E-state index in [4.69, 9.17) is 5.73 Å². The second-order valence-electron chi connectivity index (χ2n) is 5.87. The molecule has 1 amide bonds. The van der Waals surface area contributed by atoms with Gasteiger partial charge in [-0.3, -0.25) is 4.79 Å². The summed E-state index contributed by atoms with van der Waals surface area (Å²) in [6.07, 6.45) is 7.07. The molecular weight excluding hydrogens is 274 g/mol. The molecule has 1 aliphatic carbocycles. The Balaban J connectivity index is 1.94. The number of rotatable bonds is 5. The lowest BCUT2D eigenvalue weighted by Crippen LogP contribution is -2.34. The van der Waals surface area contributed by atoms with E-state index in [1.54, 1.807) is 0 Å². The molecule has 0 saturated carbocycles. The van der Waals surface area contributed by atoms with E-state index >= 15 is 0 Å². The van der Waals surface area contributed by atoms with Crippen LogP contribution in [0.2, 0.25) is 0 Å². The van der Waals surface area contributed by atoms with Crippen LogP contribution >= 0.6 is 0 Å². The second kappa shape index (κ2) is 6.36. The van der Waals surface area contributed by atoms with E-state index in [2.05, 4.69) is 40.8 Å². The minimum atomic E-state index is -0.253. The number of carbonyl (C=O) groups is 1. The number of amides is 1. The molecule has 4 heteroatoms. The number of H-pyrrole nitrogens is 1. The van der Waals surface area contributed by atoms with Gasteiger partial charge < -0.3 is 16.0 Å². The molecule has 22 heavy (non-hydrogen) atoms. The minimum absolute atomic E-state index is 0.0314. The van der Waals surface area contributed by atoms with Crippen molar-refractivity contribution in [1.29, 1.82) is 0 Å². The van der Waals surface area contributed by atoms with Crippen LogP contribution in [-0.2, 0) is 11.2 Å². The fraction of sp³-hybridized carbons (Fsp3) is 0.389. The maximum Gasteiger partial charge on any atom is 0.228 e. The molecule has 1 aliphatic rings. The maximum absolute atomic E-state index is 12.2. The number of benzene rings is 1. The molecule has 2 aromatic rings. The summed E-state index contributed by atoms with van der Waals surface area (Å²) in [5.74, 6) is -0.221. The molecule has 1 atom stereocenters. The Morgan fingerprint density at radius 2 is 2.32 bits per heavy atom. The van der Waals surface area contributed by atoms with Crippen LogP contribution in [0, 0.1) is 5.92 Å². The Morgan fingerprint density at radius 1 is 1.45 bits per heavy atom. The van der Waals surface area contributed by atoms with Crippen molar-refractivity contribution in [2.24, 2.45) is 11.7 Å². The summed E-state index contributed by atoms with van der Waals surface area (Å²) in [4.78, 5) is 15.5. The van der Waals surface area contributed by atoms with Crippen LogP contribution in [0.4, 0.5) is 0 Å². The number of aromatic nitrogens is 1. The molecule has 116 valence electrons. The average molecular weight is 297 g/mol. The van der Waals surface area contributed by atoms with Gasteiger partial charge in [0.25, 0.3) is 0 Å². The smallest absolute Gasteiger partial charge is 0.228 e. The quantitative estimate of drug-likeness (QED) is 0.794. The number of aryl methyl sites for hydroxylation is 1. The molecule has 4 N–H and O–H groups in total. The third kappa shape index (κ3) is 2.66. The molecule has 0 spiro atoms. The van der Waals surface area contributed by atoms with E-state index in [1.807, 2.05) is 6.92 Å². The summed E-state index contributed by atoms with van der Waals surface area (Å²) in [5, 5.41) is 4.24. The number of carbonyl (C=O) groups excluding carboxylic acids is 1. The first-order valence-corrected chi connectivity index (χ1v) is 8.02. The molecule has 0 saturated heterocycles. The molecule has 4 nitrogen and oxygen atoms in total. The highest BCUT2D eigenvalue weighted by atomic mass is 16.1. The van der Waals surface area contributed by atoms with Crippen molar-refractivity contribution < 1.29 is 4.79 Å². The lowest BCUT2D eigenvalue weighted by molar-refractivity contribution is -0.123. The lowest BCUT2D eigenvalue weighted by atomic mass is 9.86. The highest BCUT2D eigenvalue weighted by Crippen LogP contribution is 2.36. The molecule has 1 aromatic carbocycles. The standard InChI is InChI=1S/C18H23N3O/c1-2-8-20-18(22)14(10-19)9-12-6-7-13-11-21-16-5-3-4-15(12)17(13)16/h3-5,9,11,14,21H,2,6-8,10,19H2,1H3,(H,20,22)/b12-9+. The predicted octanol–water partition coefficient (Wildman–Crippen LogP) is 2.60. The van der Waals surface area contributed by atoms with Gasteiger partial charge in [-0.25, -0.2) is 0 Å². The Hall–Kier alpha value is -2.07. The highest BCUT2D eigenvalue weighted by Gasteiger charge is 2.20. The van der Waals surface area contributed by atoms with Gasteiger partial charge >= 0.3 is 0 Å². The average Bonchev–Trinajstić information content (AvgIpc) is 2.97. The van der Waals surface area contributed by atoms with Gasteiger partial charge in [-0.05, 0) is 42.0 Å². The fourth-order valence-corrected chi connectivity index (χ4v) is 3.17. The van der Waals surface area contributed by atoms with E-state index < -0.39 is 0 Å². The first-order valence-electron chi connectivity index (χ1n) is 8.02. The zero-order valence-electron chi connectivity index (χ0n) is 13.0. The predicted molar refractivity (Wildman–Crippen MR) is 90.4 cm³/mol. The second-order valence-corrected chi connectivity index (χ2v) is 5.87. The van der Waals surface area contributed by atoms with Crippen LogP contribution in [0.25, 0.3) is 16.5 Å². The first-order chi connectivity index (χ1) is 10.7. The fourth-order valence-electron chi connectivity index (χ4n) is 3.17. The highest BCUT2D eigenvalue weighted by molar-refractivity contribution is 5.97. The molecule has 0 fully saturated rings. The first kappa shape index (κ1) is 14.9. The molecule has 0 bridgehead atoms. The van der Waals surface area contributed by atoms with Crippen LogP contribution in [0.15, 0.2) is 30.5 Å². The summed E-state index contributed by atoms with van der Waals surface area (Å²) < 4.78 is 0. The third-order valence-corrected chi connectivity index (χ3v) is 4.34. The minimum Gasteiger partial charge on any atom is -0.361 e. The van der Waals surface area contributed by atoms with Gasteiger partial charge in [-0.1, -0.05) is 25.1 Å². The van der Waals surface area contributed by atoms with Gasteiger partial charge in [0, 0.05) is 30.2 Å². The van der Waals surface area contributed by atoms with Crippen molar-refractivity contribution >= 4 is 22.4 Å². The van der Waals surface area contributed by atoms with Crippen LogP contribution in [0.1, 0.15) is 30.9 Å². The number of allylic oxidation sites excluding steroid dienone is 1. The van der Waals surface area contributed by atoms with E-state index in [1.165, 1.54) is 22.1 Å². The van der Waals surface area contributed by atoms with Crippen LogP contribution < -0.4 is 11.1 Å². The van der Waals surface area contributed by atoms with Crippen LogP contribution in [0.5, 0.6) is 0 Å². The number of nitrogens with two attached hydrogens (primary N) is 1. The Kier molecular flexibility index (Phi) is 4.29. The van der Waals surface area contributed by atoms with E-state index in [0.717, 1.165) is 24.8 Å². The van der Waals surface area contributed by atoms with E-state index in [0.29, 0.717) is 13.1 Å². The zero-order chi connectivity index (χ0) is 15.5. The Labute approximate surface area is 130 Å². The Bertz CT molecular complexity index is 714. The number of hydrogen-bond acceptors (Lipinski definition) is 2. The normalized spacial score (nSPS) is 16.9. The van der Waals surface area contributed by atoms with Crippen molar-refractivity contribution in [3.05, 3.63) is 41.6 Å². The molecule has 0 aliphatic heterocycles. The summed E-state index contributed by atoms with van der Waals surface area (Å²) in [6, 6.07) is 6.30. The van der Waals surface area contributed by atoms with Gasteiger partial charge in [-0.2, -0.15) is 0 Å². The van der Waals surface area contributed by atoms with E-state index in [9.17, 15) is 4.79 Å². The van der Waals surface area contributed by atoms with Crippen molar-refractivity contribution in [1.82, 2.24) is 10.3 Å². The van der Waals surface area contributed by atoms with E-state index in [-0.39, 0.29) is 11.8 Å². The van der Waals surface area contributed by atoms with Crippen molar-refractivity contribution in [2.75, 3.05) is 13.1 Å². The van der Waals surface area contributed by atoms with Crippen molar-refractivity contribution in [3.8, 4) is 0 Å². The number of nitrogens with one attached hydrogen (secondary N) is 2. The summed E-state index contributed by atoms with van der Waals surface area (Å²) in [6.45, 7) is 3.09. The molecule has 0 radical (unpaired) electrons. The van der Waals surface area contributed by atoms with Crippen LogP contribution in [-0.4, -0.2) is 24.0 Å². The van der Waals surface area contributed by atoms with Crippen molar-refractivity contribution in [2.45, 2.75) is 26.2 Å². The van der Waals surface area contributed by atoms with Gasteiger partial charge in [0.15, 0.2) is 0 Å². The molecule has 1 heterocycles. The van der Waals surface area contributed by atoms with Gasteiger partial charge in [0.05, 0.1) is 5.92 Å². The molecule has 3 rings (SSSR count). The number of aromatic amines is 1. The topological polar surface area (TPSA) is 70.9 Å². The monoisotopic (exact) mass is 297 g/mol. The van der Waals surface area contributed by atoms with Gasteiger partial charge in [0.1, 0.15) is 0 Å². The SMILES string of the molecule is CCCNC(=O)C(/C=C1\CCc2c[nH]c3cccc1c23)CN. The Morgan fingerprint density at radius 3 is 3.09 bits per heavy atom. The summed E-state index contributed by atoms with van der Waals surface area (Å²) in [5.41, 5.74) is 10.8. The largest absolute Gasteiger partial charge is 0.361 e.